The number of aliphatic carboxylic acids is 1. The predicted octanol–water partition coefficient (Wildman–Crippen LogP) is 3.64. The van der Waals surface area contributed by atoms with Gasteiger partial charge in [0, 0.05) is 5.56 Å². The quantitative estimate of drug-likeness (QED) is 0.546. The molecule has 1 amide bonds. The minimum Gasteiger partial charge on any atom is -0.480 e. The van der Waals surface area contributed by atoms with Crippen LogP contribution in [0.15, 0.2) is 66.7 Å². The minimum absolute atomic E-state index is 0.419. The molecule has 7 nitrogen and oxygen atoms in total. The van der Waals surface area contributed by atoms with Gasteiger partial charge in [-0.2, -0.15) is 0 Å². The van der Waals surface area contributed by atoms with Gasteiger partial charge in [0.25, 0.3) is 0 Å². The second-order valence-corrected chi connectivity index (χ2v) is 8.90. The van der Waals surface area contributed by atoms with Gasteiger partial charge in [-0.05, 0) is 49.6 Å². The van der Waals surface area contributed by atoms with Crippen molar-refractivity contribution in [3.63, 3.8) is 0 Å². The van der Waals surface area contributed by atoms with Crippen molar-refractivity contribution in [1.29, 1.82) is 0 Å². The zero-order valence-electron chi connectivity index (χ0n) is 18.7. The lowest BCUT2D eigenvalue weighted by Crippen LogP contribution is -2.63. The molecule has 2 heterocycles. The minimum atomic E-state index is -1.21. The van der Waals surface area contributed by atoms with Crippen LogP contribution in [0.2, 0.25) is 0 Å². The number of carbonyl (C=O) groups is 2. The van der Waals surface area contributed by atoms with Gasteiger partial charge in [0.2, 0.25) is 0 Å². The van der Waals surface area contributed by atoms with Crippen LogP contribution in [-0.2, 0) is 19.9 Å². The number of carbonyl (C=O) groups excluding carboxylic acids is 1. The van der Waals surface area contributed by atoms with Crippen molar-refractivity contribution in [2.75, 3.05) is 11.5 Å². The third-order valence-corrected chi connectivity index (χ3v) is 7.11. The fourth-order valence-corrected chi connectivity index (χ4v) is 5.83. The fraction of sp³-hybridized carbons (Fsp3) is 0.286. The molecule has 174 valence electrons. The van der Waals surface area contributed by atoms with Crippen molar-refractivity contribution in [1.82, 2.24) is 0 Å². The molecule has 4 bridgehead atoms. The van der Waals surface area contributed by atoms with Gasteiger partial charge >= 0.3 is 12.1 Å². The second-order valence-electron chi connectivity index (χ2n) is 8.90. The Balaban J connectivity index is 1.55. The van der Waals surface area contributed by atoms with Crippen molar-refractivity contribution in [2.45, 2.75) is 42.1 Å². The maximum Gasteiger partial charge on any atom is 0.420 e. The van der Waals surface area contributed by atoms with Crippen LogP contribution in [-0.4, -0.2) is 41.0 Å². The Labute approximate surface area is 202 Å². The fourth-order valence-electron chi connectivity index (χ4n) is 5.83. The zero-order chi connectivity index (χ0) is 24.1. The van der Waals surface area contributed by atoms with Crippen molar-refractivity contribution in [3.05, 3.63) is 72.3 Å². The average Bonchev–Trinajstić information content (AvgIpc) is 3.58. The summed E-state index contributed by atoms with van der Waals surface area (Å²) in [5, 5.41) is 9.42. The van der Waals surface area contributed by atoms with Crippen LogP contribution in [0.1, 0.15) is 24.8 Å². The van der Waals surface area contributed by atoms with Gasteiger partial charge in [-0.15, -0.1) is 0 Å². The molecule has 2 aromatic rings. The molecule has 2 aliphatic carbocycles. The third-order valence-electron chi connectivity index (χ3n) is 7.11. The summed E-state index contributed by atoms with van der Waals surface area (Å²) in [6.07, 6.45) is 4.41. The summed E-state index contributed by atoms with van der Waals surface area (Å²) < 4.78 is 18.5. The van der Waals surface area contributed by atoms with Crippen LogP contribution in [0.3, 0.4) is 0 Å². The number of ether oxygens (including phenoxy) is 3. The molecule has 1 saturated carbocycles. The van der Waals surface area contributed by atoms with Crippen LogP contribution >= 0.6 is 0 Å². The highest BCUT2D eigenvalue weighted by Crippen LogP contribution is 2.74. The van der Waals surface area contributed by atoms with E-state index in [-0.39, 0.29) is 0 Å². The SMILES string of the molecule is O=C(O)COC12C#C/C=C\C#C[C@@H]3N(C(=O)Oc4ccccc4)c4ccccc4[C@]14O[C@@]34CCC2. The molecular weight excluding hydrogens is 446 g/mol. The number of carboxylic acid groups (broad SMARTS) is 1. The highest BCUT2D eigenvalue weighted by molar-refractivity contribution is 5.94. The molecule has 1 N–H and O–H groups in total. The Morgan fingerprint density at radius 1 is 1.06 bits per heavy atom. The summed E-state index contributed by atoms with van der Waals surface area (Å²) in [6, 6.07) is 15.6. The lowest BCUT2D eigenvalue weighted by Gasteiger charge is -2.47. The molecule has 4 atom stereocenters. The van der Waals surface area contributed by atoms with Gasteiger partial charge in [0.1, 0.15) is 24.0 Å². The molecule has 0 spiro atoms. The number of nitrogens with zero attached hydrogens (tertiary/aromatic N) is 1. The number of carboxylic acids is 1. The van der Waals surface area contributed by atoms with Gasteiger partial charge in [0.05, 0.1) is 5.69 Å². The number of anilines is 1. The van der Waals surface area contributed by atoms with Crippen molar-refractivity contribution < 1.29 is 28.9 Å². The predicted molar refractivity (Wildman–Crippen MR) is 126 cm³/mol. The highest BCUT2D eigenvalue weighted by Gasteiger charge is 2.87. The van der Waals surface area contributed by atoms with Crippen LogP contribution in [0, 0.1) is 23.7 Å². The second kappa shape index (κ2) is 7.74. The summed E-state index contributed by atoms with van der Waals surface area (Å²) in [6.45, 7) is -0.516. The van der Waals surface area contributed by atoms with Crippen molar-refractivity contribution >= 4 is 17.7 Å². The van der Waals surface area contributed by atoms with Gasteiger partial charge in [-0.3, -0.25) is 4.90 Å². The van der Waals surface area contributed by atoms with Gasteiger partial charge < -0.3 is 19.3 Å². The van der Waals surface area contributed by atoms with E-state index in [1.54, 1.807) is 41.3 Å². The highest BCUT2D eigenvalue weighted by atomic mass is 16.7. The van der Waals surface area contributed by atoms with Gasteiger partial charge in [-0.25, -0.2) is 9.59 Å². The van der Waals surface area contributed by atoms with Crippen molar-refractivity contribution in [2.24, 2.45) is 0 Å². The molecule has 2 fully saturated rings. The molecule has 0 radical (unpaired) electrons. The van der Waals surface area contributed by atoms with E-state index in [2.05, 4.69) is 23.7 Å². The van der Waals surface area contributed by atoms with Crippen LogP contribution in [0.25, 0.3) is 0 Å². The first kappa shape index (κ1) is 21.5. The molecule has 1 saturated heterocycles. The Hall–Kier alpha value is -4.04. The number of hydrogen-bond donors (Lipinski definition) is 1. The van der Waals surface area contributed by atoms with E-state index in [0.717, 1.165) is 0 Å². The molecular formula is C28H21NO6. The smallest absolute Gasteiger partial charge is 0.420 e. The molecule has 7 heteroatoms. The van der Waals surface area contributed by atoms with Crippen LogP contribution in [0.4, 0.5) is 10.5 Å². The number of hydrogen-bond acceptors (Lipinski definition) is 5. The topological polar surface area (TPSA) is 88.6 Å². The zero-order valence-corrected chi connectivity index (χ0v) is 18.7. The number of rotatable bonds is 4. The number of para-hydroxylation sites is 2. The largest absolute Gasteiger partial charge is 0.480 e. The maximum absolute atomic E-state index is 13.6. The number of epoxide rings is 1. The van der Waals surface area contributed by atoms with Crippen LogP contribution < -0.4 is 9.64 Å². The average molecular weight is 467 g/mol. The molecule has 4 aliphatic rings. The monoisotopic (exact) mass is 467 g/mol. The normalized spacial score (nSPS) is 31.8. The summed E-state index contributed by atoms with van der Waals surface area (Å²) in [7, 11) is 0. The first-order chi connectivity index (χ1) is 17.0. The molecule has 0 aromatic heterocycles. The van der Waals surface area contributed by atoms with E-state index < -0.39 is 41.5 Å². The Kier molecular flexibility index (Phi) is 4.76. The van der Waals surface area contributed by atoms with E-state index in [9.17, 15) is 14.7 Å². The Bertz CT molecular complexity index is 1380. The number of allylic oxidation sites excluding steroid dienone is 2. The maximum atomic E-state index is 13.6. The molecule has 2 aromatic carbocycles. The standard InChI is InChI=1S/C28H21NO6/c30-24(31)19-33-26-16-9-2-1-6-15-23-27(18-10-17-26)28(26,35-27)21-13-7-8-14-22(21)29(23)25(32)34-20-11-4-3-5-12-20/h1-5,7-8,11-14,23H,10,17-19H2,(H,30,31)/b2-1-/t23-,26?,27-,28-/m0/s1. The lowest BCUT2D eigenvalue weighted by molar-refractivity contribution is -0.152. The van der Waals surface area contributed by atoms with E-state index in [1.165, 1.54) is 0 Å². The van der Waals surface area contributed by atoms with Crippen molar-refractivity contribution in [3.8, 4) is 29.4 Å². The summed E-state index contributed by atoms with van der Waals surface area (Å²) in [4.78, 5) is 26.7. The van der Waals surface area contributed by atoms with E-state index in [1.807, 2.05) is 30.3 Å². The van der Waals surface area contributed by atoms with Crippen LogP contribution in [0.5, 0.6) is 5.75 Å². The summed E-state index contributed by atoms with van der Waals surface area (Å²) >= 11 is 0. The summed E-state index contributed by atoms with van der Waals surface area (Å²) in [5.41, 5.74) is -1.90. The first-order valence-electron chi connectivity index (χ1n) is 11.4. The molecule has 2 aliphatic heterocycles. The Morgan fingerprint density at radius 2 is 1.83 bits per heavy atom. The summed E-state index contributed by atoms with van der Waals surface area (Å²) in [5.74, 6) is 11.7. The van der Waals surface area contributed by atoms with Gasteiger partial charge in [-0.1, -0.05) is 60.1 Å². The molecule has 35 heavy (non-hydrogen) atoms. The molecule has 6 rings (SSSR count). The first-order valence-corrected chi connectivity index (χ1v) is 11.4. The third kappa shape index (κ3) is 2.96. The van der Waals surface area contributed by atoms with E-state index >= 15 is 0 Å². The van der Waals surface area contributed by atoms with E-state index in [0.29, 0.717) is 36.3 Å². The number of amides is 1. The van der Waals surface area contributed by atoms with Gasteiger partial charge in [0.15, 0.2) is 11.2 Å². The lowest BCUT2D eigenvalue weighted by atomic mass is 9.61. The number of benzene rings is 2. The molecule has 1 unspecified atom stereocenters. The Morgan fingerprint density at radius 3 is 2.66 bits per heavy atom. The number of fused-ring (bicyclic) bond motifs is 1. The van der Waals surface area contributed by atoms with E-state index in [4.69, 9.17) is 14.2 Å².